The summed E-state index contributed by atoms with van der Waals surface area (Å²) in [5, 5.41) is 0. The Labute approximate surface area is 125 Å². The Morgan fingerprint density at radius 3 is 0.950 bits per heavy atom. The summed E-state index contributed by atoms with van der Waals surface area (Å²) >= 11 is 0. The lowest BCUT2D eigenvalue weighted by Gasteiger charge is -1.98. The van der Waals surface area contributed by atoms with Crippen LogP contribution in [0.4, 0.5) is 0 Å². The standard InChI is InChI=1S/C12H10.C4H6.2C2H6/c1-3-7-11(8-4-1)12-9-5-2-6-10-12;1-3-4-2;2*1-2/h1-10H;1-2H3;2*1-2H3. The SMILES string of the molecule is CC.CC.CC#CC.c1ccc(-c2ccccc2)cc1. The van der Waals surface area contributed by atoms with Gasteiger partial charge in [-0.3, -0.25) is 0 Å². The minimum Gasteiger partial charge on any atom is -0.107 e. The summed E-state index contributed by atoms with van der Waals surface area (Å²) < 4.78 is 0. The van der Waals surface area contributed by atoms with E-state index in [4.69, 9.17) is 0 Å². The topological polar surface area (TPSA) is 0 Å². The Balaban J connectivity index is 0. The zero-order valence-electron chi connectivity index (χ0n) is 13.8. The first kappa shape index (κ1) is 20.3. The monoisotopic (exact) mass is 268 g/mol. The van der Waals surface area contributed by atoms with E-state index in [1.807, 2.05) is 53.7 Å². The molecule has 0 amide bonds. The molecule has 0 spiro atoms. The smallest absolute Gasteiger partial charge is 0.00271 e. The molecule has 0 unspecified atom stereocenters. The van der Waals surface area contributed by atoms with E-state index in [1.54, 1.807) is 0 Å². The van der Waals surface area contributed by atoms with Crippen LogP contribution in [0.3, 0.4) is 0 Å². The highest BCUT2D eigenvalue weighted by molar-refractivity contribution is 5.62. The van der Waals surface area contributed by atoms with E-state index in [0.717, 1.165) is 0 Å². The fourth-order valence-electron chi connectivity index (χ4n) is 1.26. The average Bonchev–Trinajstić information content (AvgIpc) is 2.60. The molecule has 0 heterocycles. The zero-order valence-corrected chi connectivity index (χ0v) is 13.8. The lowest BCUT2D eigenvalue weighted by atomic mass is 10.1. The van der Waals surface area contributed by atoms with Crippen molar-refractivity contribution in [2.24, 2.45) is 0 Å². The first-order chi connectivity index (χ1) is 9.88. The van der Waals surface area contributed by atoms with Crippen molar-refractivity contribution in [3.05, 3.63) is 60.7 Å². The van der Waals surface area contributed by atoms with Crippen LogP contribution < -0.4 is 0 Å². The molecule has 0 bridgehead atoms. The zero-order chi connectivity index (χ0) is 15.6. The summed E-state index contributed by atoms with van der Waals surface area (Å²) in [6, 6.07) is 20.8. The summed E-state index contributed by atoms with van der Waals surface area (Å²) in [5.74, 6) is 5.36. The van der Waals surface area contributed by atoms with Gasteiger partial charge >= 0.3 is 0 Å². The molecule has 0 radical (unpaired) electrons. The first-order valence-electron chi connectivity index (χ1n) is 7.32. The highest BCUT2D eigenvalue weighted by Gasteiger charge is 1.91. The maximum absolute atomic E-state index is 2.68. The van der Waals surface area contributed by atoms with Gasteiger partial charge in [0.2, 0.25) is 0 Å². The minimum atomic E-state index is 1.28. The molecular formula is C20H28. The summed E-state index contributed by atoms with van der Waals surface area (Å²) in [7, 11) is 0. The number of benzene rings is 2. The summed E-state index contributed by atoms with van der Waals surface area (Å²) in [5.41, 5.74) is 2.55. The van der Waals surface area contributed by atoms with E-state index in [-0.39, 0.29) is 0 Å². The maximum Gasteiger partial charge on any atom is -0.00271 e. The van der Waals surface area contributed by atoms with Gasteiger partial charge in [0.1, 0.15) is 0 Å². The first-order valence-corrected chi connectivity index (χ1v) is 7.32. The Kier molecular flexibility index (Phi) is 17.3. The van der Waals surface area contributed by atoms with Gasteiger partial charge in [-0.25, -0.2) is 0 Å². The lowest BCUT2D eigenvalue weighted by molar-refractivity contribution is 1.50. The summed E-state index contributed by atoms with van der Waals surface area (Å²) in [6.45, 7) is 11.6. The van der Waals surface area contributed by atoms with Gasteiger partial charge in [0, 0.05) is 0 Å². The molecule has 20 heavy (non-hydrogen) atoms. The summed E-state index contributed by atoms with van der Waals surface area (Å²) in [6.07, 6.45) is 0. The van der Waals surface area contributed by atoms with Gasteiger partial charge in [0.15, 0.2) is 0 Å². The number of hydrogen-bond acceptors (Lipinski definition) is 0. The number of rotatable bonds is 1. The number of hydrogen-bond donors (Lipinski definition) is 0. The molecule has 0 saturated heterocycles. The lowest BCUT2D eigenvalue weighted by Crippen LogP contribution is -1.73. The Morgan fingerprint density at radius 2 is 0.750 bits per heavy atom. The van der Waals surface area contributed by atoms with Crippen LogP contribution in [0.15, 0.2) is 60.7 Å². The van der Waals surface area contributed by atoms with Crippen molar-refractivity contribution in [3.8, 4) is 23.0 Å². The van der Waals surface area contributed by atoms with Crippen molar-refractivity contribution < 1.29 is 0 Å². The third kappa shape index (κ3) is 9.97. The van der Waals surface area contributed by atoms with Crippen LogP contribution in [0, 0.1) is 11.8 Å². The highest BCUT2D eigenvalue weighted by Crippen LogP contribution is 2.17. The predicted octanol–water partition coefficient (Wildman–Crippen LogP) is 6.44. The van der Waals surface area contributed by atoms with E-state index in [0.29, 0.717) is 0 Å². The van der Waals surface area contributed by atoms with Crippen molar-refractivity contribution in [1.29, 1.82) is 0 Å². The van der Waals surface area contributed by atoms with Crippen LogP contribution in [-0.2, 0) is 0 Å². The van der Waals surface area contributed by atoms with Gasteiger partial charge in [0.05, 0.1) is 0 Å². The molecule has 0 heteroatoms. The van der Waals surface area contributed by atoms with Gasteiger partial charge in [-0.15, -0.1) is 11.8 Å². The fraction of sp³-hybridized carbons (Fsp3) is 0.300. The minimum absolute atomic E-state index is 1.28. The molecule has 0 aromatic heterocycles. The van der Waals surface area contributed by atoms with E-state index in [2.05, 4.69) is 60.4 Å². The molecule has 2 aromatic rings. The molecule has 0 aliphatic carbocycles. The van der Waals surface area contributed by atoms with Crippen molar-refractivity contribution in [2.45, 2.75) is 41.5 Å². The van der Waals surface area contributed by atoms with Crippen molar-refractivity contribution in [1.82, 2.24) is 0 Å². The normalized spacial score (nSPS) is 7.10. The second-order valence-electron chi connectivity index (χ2n) is 3.23. The third-order valence-corrected chi connectivity index (χ3v) is 2.13. The van der Waals surface area contributed by atoms with E-state index < -0.39 is 0 Å². The molecule has 0 atom stereocenters. The van der Waals surface area contributed by atoms with Gasteiger partial charge in [0.25, 0.3) is 0 Å². The van der Waals surface area contributed by atoms with Crippen LogP contribution in [-0.4, -0.2) is 0 Å². The molecular weight excluding hydrogens is 240 g/mol. The molecule has 0 fully saturated rings. The third-order valence-electron chi connectivity index (χ3n) is 2.13. The van der Waals surface area contributed by atoms with E-state index in [9.17, 15) is 0 Å². The van der Waals surface area contributed by atoms with Crippen LogP contribution in [0.25, 0.3) is 11.1 Å². The van der Waals surface area contributed by atoms with Crippen LogP contribution >= 0.6 is 0 Å². The highest BCUT2D eigenvalue weighted by atomic mass is 14.0. The summed E-state index contributed by atoms with van der Waals surface area (Å²) in [4.78, 5) is 0. The molecule has 108 valence electrons. The molecule has 2 rings (SSSR count). The Hall–Kier alpha value is -2.00. The van der Waals surface area contributed by atoms with Gasteiger partial charge < -0.3 is 0 Å². The van der Waals surface area contributed by atoms with Crippen LogP contribution in [0.1, 0.15) is 41.5 Å². The second-order valence-corrected chi connectivity index (χ2v) is 3.23. The van der Waals surface area contributed by atoms with E-state index >= 15 is 0 Å². The van der Waals surface area contributed by atoms with Crippen LogP contribution in [0.5, 0.6) is 0 Å². The van der Waals surface area contributed by atoms with Crippen molar-refractivity contribution >= 4 is 0 Å². The average molecular weight is 268 g/mol. The van der Waals surface area contributed by atoms with Gasteiger partial charge in [-0.2, -0.15) is 0 Å². The molecule has 0 aliphatic rings. The van der Waals surface area contributed by atoms with Crippen LogP contribution in [0.2, 0.25) is 0 Å². The Morgan fingerprint density at radius 1 is 0.500 bits per heavy atom. The molecule has 0 N–H and O–H groups in total. The fourth-order valence-corrected chi connectivity index (χ4v) is 1.26. The van der Waals surface area contributed by atoms with Crippen molar-refractivity contribution in [3.63, 3.8) is 0 Å². The molecule has 0 nitrogen and oxygen atoms in total. The molecule has 0 saturated carbocycles. The quantitative estimate of drug-likeness (QED) is 0.522. The maximum atomic E-state index is 2.68. The second kappa shape index (κ2) is 17.0. The van der Waals surface area contributed by atoms with Crippen molar-refractivity contribution in [2.75, 3.05) is 0 Å². The van der Waals surface area contributed by atoms with Gasteiger partial charge in [-0.05, 0) is 25.0 Å². The van der Waals surface area contributed by atoms with Gasteiger partial charge in [-0.1, -0.05) is 88.4 Å². The van der Waals surface area contributed by atoms with E-state index in [1.165, 1.54) is 11.1 Å². The predicted molar refractivity (Wildman–Crippen MR) is 93.7 cm³/mol. The Bertz CT molecular complexity index is 400. The largest absolute Gasteiger partial charge is 0.107 e. The molecule has 2 aromatic carbocycles. The molecule has 0 aliphatic heterocycles.